The second-order valence-corrected chi connectivity index (χ2v) is 6.21. The smallest absolute Gasteiger partial charge is 0.323 e. The molecule has 1 aromatic heterocycles. The molecule has 1 aromatic carbocycles. The van der Waals surface area contributed by atoms with Crippen LogP contribution in [0.4, 0.5) is 27.9 Å². The van der Waals surface area contributed by atoms with Gasteiger partial charge in [0.25, 0.3) is 0 Å². The highest BCUT2D eigenvalue weighted by atomic mass is 16.5. The Balaban J connectivity index is 1.71. The lowest BCUT2D eigenvalue weighted by atomic mass is 10.3. The molecule has 1 fully saturated rings. The number of hydrogen-bond donors (Lipinski definition) is 2. The van der Waals surface area contributed by atoms with Gasteiger partial charge < -0.3 is 29.9 Å². The highest BCUT2D eigenvalue weighted by Crippen LogP contribution is 2.24. The van der Waals surface area contributed by atoms with E-state index < -0.39 is 0 Å². The fourth-order valence-corrected chi connectivity index (χ4v) is 2.67. The Bertz CT molecular complexity index is 775. The molecule has 0 unspecified atom stereocenters. The van der Waals surface area contributed by atoms with Gasteiger partial charge in [0.05, 0.1) is 26.5 Å². The summed E-state index contributed by atoms with van der Waals surface area (Å²) in [6.45, 7) is 2.81. The Morgan fingerprint density at radius 2 is 1.89 bits per heavy atom. The molecule has 2 aromatic rings. The zero-order valence-electron chi connectivity index (χ0n) is 15.7. The number of nitrogens with zero attached hydrogens (tertiary/aromatic N) is 4. The lowest BCUT2D eigenvalue weighted by molar-refractivity contribution is 0.122. The molecule has 1 aliphatic heterocycles. The van der Waals surface area contributed by atoms with Crippen molar-refractivity contribution in [1.82, 2.24) is 9.97 Å². The van der Waals surface area contributed by atoms with E-state index in [1.807, 2.05) is 19.0 Å². The molecule has 0 spiro atoms. The summed E-state index contributed by atoms with van der Waals surface area (Å²) in [6, 6.07) is 6.72. The van der Waals surface area contributed by atoms with Crippen molar-refractivity contribution in [1.29, 1.82) is 0 Å². The molecular formula is C18H24N6O3. The van der Waals surface area contributed by atoms with Crippen LogP contribution in [0.5, 0.6) is 5.75 Å². The van der Waals surface area contributed by atoms with E-state index in [2.05, 4.69) is 25.5 Å². The minimum Gasteiger partial charge on any atom is -0.497 e. The molecule has 2 amide bonds. The number of benzene rings is 1. The summed E-state index contributed by atoms with van der Waals surface area (Å²) < 4.78 is 10.5. The highest BCUT2D eigenvalue weighted by Gasteiger charge is 2.18. The van der Waals surface area contributed by atoms with Crippen LogP contribution in [0.1, 0.15) is 0 Å². The molecule has 3 rings (SSSR count). The quantitative estimate of drug-likeness (QED) is 0.830. The minimum atomic E-state index is -0.369. The molecule has 27 heavy (non-hydrogen) atoms. The summed E-state index contributed by atoms with van der Waals surface area (Å²) in [7, 11) is 5.34. The number of carbonyl (C=O) groups is 1. The van der Waals surface area contributed by atoms with Crippen molar-refractivity contribution >= 4 is 29.2 Å². The molecule has 0 radical (unpaired) electrons. The SMILES string of the molecule is COc1ccc(NC(=O)Nc2cnc(N3CCOCC3)nc2N(C)C)cc1. The first-order valence-electron chi connectivity index (χ1n) is 8.66. The summed E-state index contributed by atoms with van der Waals surface area (Å²) in [5, 5.41) is 5.59. The van der Waals surface area contributed by atoms with E-state index in [4.69, 9.17) is 9.47 Å². The lowest BCUT2D eigenvalue weighted by Gasteiger charge is -2.28. The third-order valence-corrected chi connectivity index (χ3v) is 4.07. The van der Waals surface area contributed by atoms with Crippen molar-refractivity contribution in [3.05, 3.63) is 30.5 Å². The molecule has 1 aliphatic rings. The molecule has 9 heteroatoms. The number of hydrogen-bond acceptors (Lipinski definition) is 7. The number of morpholine rings is 1. The van der Waals surface area contributed by atoms with Crippen LogP contribution >= 0.6 is 0 Å². The molecule has 144 valence electrons. The van der Waals surface area contributed by atoms with E-state index in [1.165, 1.54) is 0 Å². The van der Waals surface area contributed by atoms with Crippen LogP contribution in [0.2, 0.25) is 0 Å². The van der Waals surface area contributed by atoms with Gasteiger partial charge in [-0.1, -0.05) is 0 Å². The number of nitrogens with one attached hydrogen (secondary N) is 2. The molecular weight excluding hydrogens is 348 g/mol. The fourth-order valence-electron chi connectivity index (χ4n) is 2.67. The van der Waals surface area contributed by atoms with Crippen molar-refractivity contribution in [2.24, 2.45) is 0 Å². The van der Waals surface area contributed by atoms with Gasteiger partial charge in [-0.05, 0) is 24.3 Å². The number of amides is 2. The number of anilines is 4. The Kier molecular flexibility index (Phi) is 5.92. The summed E-state index contributed by atoms with van der Waals surface area (Å²) >= 11 is 0. The maximum Gasteiger partial charge on any atom is 0.323 e. The van der Waals surface area contributed by atoms with Crippen molar-refractivity contribution in [3.63, 3.8) is 0 Å². The molecule has 0 atom stereocenters. The van der Waals surface area contributed by atoms with Crippen LogP contribution in [-0.4, -0.2) is 63.5 Å². The largest absolute Gasteiger partial charge is 0.497 e. The first-order chi connectivity index (χ1) is 13.1. The highest BCUT2D eigenvalue weighted by molar-refractivity contribution is 6.01. The van der Waals surface area contributed by atoms with E-state index in [0.717, 1.165) is 18.8 Å². The number of methoxy groups -OCH3 is 1. The minimum absolute atomic E-state index is 0.369. The summed E-state index contributed by atoms with van der Waals surface area (Å²) in [5.41, 5.74) is 1.19. The molecule has 0 aliphatic carbocycles. The number of carbonyl (C=O) groups excluding carboxylic acids is 1. The molecule has 2 N–H and O–H groups in total. The Hall–Kier alpha value is -3.07. The van der Waals surface area contributed by atoms with Gasteiger partial charge in [0, 0.05) is 32.9 Å². The monoisotopic (exact) mass is 372 g/mol. The van der Waals surface area contributed by atoms with Crippen LogP contribution in [0.25, 0.3) is 0 Å². The van der Waals surface area contributed by atoms with Crippen molar-refractivity contribution < 1.29 is 14.3 Å². The van der Waals surface area contributed by atoms with E-state index in [9.17, 15) is 4.79 Å². The third kappa shape index (κ3) is 4.76. The normalized spacial score (nSPS) is 13.8. The molecule has 2 heterocycles. The van der Waals surface area contributed by atoms with Gasteiger partial charge in [0.2, 0.25) is 5.95 Å². The average molecular weight is 372 g/mol. The predicted octanol–water partition coefficient (Wildman–Crippen LogP) is 2.03. The number of aromatic nitrogens is 2. The van der Waals surface area contributed by atoms with Gasteiger partial charge in [-0.2, -0.15) is 4.98 Å². The molecule has 0 bridgehead atoms. The third-order valence-electron chi connectivity index (χ3n) is 4.07. The lowest BCUT2D eigenvalue weighted by Crippen LogP contribution is -2.37. The first kappa shape index (κ1) is 18.7. The topological polar surface area (TPSA) is 91.8 Å². The van der Waals surface area contributed by atoms with Gasteiger partial charge in [-0.25, -0.2) is 9.78 Å². The van der Waals surface area contributed by atoms with Gasteiger partial charge in [0.1, 0.15) is 11.4 Å². The van der Waals surface area contributed by atoms with Gasteiger partial charge >= 0.3 is 6.03 Å². The summed E-state index contributed by atoms with van der Waals surface area (Å²) in [4.78, 5) is 25.3. The molecule has 9 nitrogen and oxygen atoms in total. The van der Waals surface area contributed by atoms with Gasteiger partial charge in [-0.3, -0.25) is 0 Å². The zero-order chi connectivity index (χ0) is 19.2. The Morgan fingerprint density at radius 1 is 1.19 bits per heavy atom. The summed E-state index contributed by atoms with van der Waals surface area (Å²) in [6.07, 6.45) is 1.63. The number of ether oxygens (including phenoxy) is 2. The maximum atomic E-state index is 12.3. The number of urea groups is 1. The second kappa shape index (κ2) is 8.54. The summed E-state index contributed by atoms with van der Waals surface area (Å²) in [5.74, 6) is 1.99. The van der Waals surface area contributed by atoms with Gasteiger partial charge in [-0.15, -0.1) is 0 Å². The second-order valence-electron chi connectivity index (χ2n) is 6.21. The maximum absolute atomic E-state index is 12.3. The van der Waals surface area contributed by atoms with E-state index in [0.29, 0.717) is 36.4 Å². The Labute approximate surface area is 158 Å². The number of rotatable bonds is 5. The van der Waals surface area contributed by atoms with Crippen LogP contribution in [0.15, 0.2) is 30.5 Å². The average Bonchev–Trinajstić information content (AvgIpc) is 2.69. The Morgan fingerprint density at radius 3 is 2.52 bits per heavy atom. The van der Waals surface area contributed by atoms with Crippen molar-refractivity contribution in [2.75, 3.05) is 67.9 Å². The van der Waals surface area contributed by atoms with E-state index in [1.54, 1.807) is 37.6 Å². The van der Waals surface area contributed by atoms with E-state index >= 15 is 0 Å². The van der Waals surface area contributed by atoms with Crippen LogP contribution < -0.4 is 25.2 Å². The van der Waals surface area contributed by atoms with Crippen LogP contribution in [-0.2, 0) is 4.74 Å². The van der Waals surface area contributed by atoms with E-state index in [-0.39, 0.29) is 6.03 Å². The van der Waals surface area contributed by atoms with Crippen molar-refractivity contribution in [3.8, 4) is 5.75 Å². The zero-order valence-corrected chi connectivity index (χ0v) is 15.7. The predicted molar refractivity (Wildman–Crippen MR) is 105 cm³/mol. The van der Waals surface area contributed by atoms with Crippen molar-refractivity contribution in [2.45, 2.75) is 0 Å². The first-order valence-corrected chi connectivity index (χ1v) is 8.66. The van der Waals surface area contributed by atoms with Crippen LogP contribution in [0.3, 0.4) is 0 Å². The molecule has 1 saturated heterocycles. The molecule has 0 saturated carbocycles. The van der Waals surface area contributed by atoms with Crippen LogP contribution in [0, 0.1) is 0 Å². The fraction of sp³-hybridized carbons (Fsp3) is 0.389. The standard InChI is InChI=1S/C18H24N6O3/c1-23(2)16-15(12-19-17(22-16)24-8-10-27-11-9-24)21-18(25)20-13-4-6-14(26-3)7-5-13/h4-7,12H,8-11H2,1-3H3,(H2,20,21,25). The van der Waals surface area contributed by atoms with Gasteiger partial charge in [0.15, 0.2) is 5.82 Å².